The standard InChI is InChI=1S/C17H22Cl3NO/c1-10(2)16(15(4,5)17(16,19)20)14(22)21-11(3)12-6-8-13(18)9-7-12/h6-11H,1-5H3,(H,21,22). The summed E-state index contributed by atoms with van der Waals surface area (Å²) < 4.78 is -1.06. The second kappa shape index (κ2) is 5.58. The molecule has 1 aromatic carbocycles. The van der Waals surface area contributed by atoms with Crippen LogP contribution < -0.4 is 5.32 Å². The monoisotopic (exact) mass is 361 g/mol. The van der Waals surface area contributed by atoms with E-state index >= 15 is 0 Å². The molecule has 2 nitrogen and oxygen atoms in total. The second-order valence-electron chi connectivity index (χ2n) is 6.91. The van der Waals surface area contributed by atoms with E-state index in [1.165, 1.54) is 0 Å². The van der Waals surface area contributed by atoms with Gasteiger partial charge in [0.25, 0.3) is 0 Å². The second-order valence-corrected chi connectivity index (χ2v) is 8.67. The third kappa shape index (κ3) is 2.26. The van der Waals surface area contributed by atoms with E-state index in [1.807, 2.05) is 58.9 Å². The number of amides is 1. The van der Waals surface area contributed by atoms with Crippen molar-refractivity contribution in [3.05, 3.63) is 34.9 Å². The van der Waals surface area contributed by atoms with Crippen molar-refractivity contribution in [3.8, 4) is 0 Å². The number of hydrogen-bond acceptors (Lipinski definition) is 1. The van der Waals surface area contributed by atoms with Crippen LogP contribution in [0.15, 0.2) is 24.3 Å². The molecule has 0 saturated heterocycles. The van der Waals surface area contributed by atoms with Crippen molar-refractivity contribution < 1.29 is 4.79 Å². The van der Waals surface area contributed by atoms with Gasteiger partial charge in [0.05, 0.1) is 11.5 Å². The van der Waals surface area contributed by atoms with Crippen LogP contribution in [-0.2, 0) is 4.79 Å². The van der Waals surface area contributed by atoms with Crippen molar-refractivity contribution in [2.75, 3.05) is 0 Å². The molecule has 0 aromatic heterocycles. The minimum Gasteiger partial charge on any atom is -0.349 e. The first-order valence-corrected chi connectivity index (χ1v) is 8.57. The molecule has 22 heavy (non-hydrogen) atoms. The summed E-state index contributed by atoms with van der Waals surface area (Å²) in [7, 11) is 0. The van der Waals surface area contributed by atoms with Crippen molar-refractivity contribution in [1.82, 2.24) is 5.32 Å². The maximum atomic E-state index is 12.9. The molecule has 122 valence electrons. The highest BCUT2D eigenvalue weighted by Gasteiger charge is 2.86. The summed E-state index contributed by atoms with van der Waals surface area (Å²) in [5, 5.41) is 3.73. The summed E-state index contributed by atoms with van der Waals surface area (Å²) in [6, 6.07) is 7.29. The van der Waals surface area contributed by atoms with Crippen LogP contribution in [-0.4, -0.2) is 10.2 Å². The van der Waals surface area contributed by atoms with Gasteiger partial charge in [0.2, 0.25) is 5.91 Å². The lowest BCUT2D eigenvalue weighted by Gasteiger charge is -2.26. The van der Waals surface area contributed by atoms with Crippen LogP contribution in [0, 0.1) is 16.7 Å². The molecule has 0 bridgehead atoms. The molecule has 0 aliphatic heterocycles. The molecule has 0 radical (unpaired) electrons. The van der Waals surface area contributed by atoms with Crippen molar-refractivity contribution in [2.24, 2.45) is 16.7 Å². The smallest absolute Gasteiger partial charge is 0.230 e. The van der Waals surface area contributed by atoms with E-state index in [1.54, 1.807) is 0 Å². The first kappa shape index (κ1) is 17.9. The Morgan fingerprint density at radius 2 is 1.55 bits per heavy atom. The lowest BCUT2D eigenvalue weighted by atomic mass is 9.83. The van der Waals surface area contributed by atoms with Crippen LogP contribution in [0.1, 0.15) is 46.2 Å². The molecule has 1 aliphatic rings. The van der Waals surface area contributed by atoms with Crippen molar-refractivity contribution in [2.45, 2.75) is 45.0 Å². The molecule has 1 aliphatic carbocycles. The molecule has 2 unspecified atom stereocenters. The Labute approximate surface area is 147 Å². The van der Waals surface area contributed by atoms with Gasteiger partial charge in [-0.1, -0.05) is 74.6 Å². The van der Waals surface area contributed by atoms with Gasteiger partial charge in [-0.2, -0.15) is 0 Å². The lowest BCUT2D eigenvalue weighted by molar-refractivity contribution is -0.130. The Hall–Kier alpha value is -0.440. The minimum absolute atomic E-state index is 0.0370. The van der Waals surface area contributed by atoms with Gasteiger partial charge in [0.1, 0.15) is 4.33 Å². The predicted octanol–water partition coefficient (Wildman–Crippen LogP) is 5.37. The molecule has 1 N–H and O–H groups in total. The molecular weight excluding hydrogens is 341 g/mol. The molecule has 2 rings (SSSR count). The zero-order chi connectivity index (χ0) is 16.9. The molecule has 1 aromatic rings. The summed E-state index contributed by atoms with van der Waals surface area (Å²) in [4.78, 5) is 12.9. The Morgan fingerprint density at radius 1 is 1.09 bits per heavy atom. The number of carbonyl (C=O) groups is 1. The highest BCUT2D eigenvalue weighted by atomic mass is 35.5. The van der Waals surface area contributed by atoms with Gasteiger partial charge in [-0.25, -0.2) is 0 Å². The van der Waals surface area contributed by atoms with Gasteiger partial charge in [-0.05, 0) is 30.5 Å². The van der Waals surface area contributed by atoms with Gasteiger partial charge in [0, 0.05) is 10.4 Å². The normalized spacial score (nSPS) is 26.6. The number of nitrogens with one attached hydrogen (secondary N) is 1. The Bertz CT molecular complexity index is 564. The van der Waals surface area contributed by atoms with Gasteiger partial charge in [-0.15, -0.1) is 0 Å². The quantitative estimate of drug-likeness (QED) is 0.716. The number of alkyl halides is 2. The summed E-state index contributed by atoms with van der Waals surface area (Å²) in [5.41, 5.74) is -0.268. The SMILES string of the molecule is CC(NC(=O)C1(C(C)C)C(C)(C)C1(Cl)Cl)c1ccc(Cl)cc1. The summed E-state index contributed by atoms with van der Waals surface area (Å²) in [6.45, 7) is 9.80. The summed E-state index contributed by atoms with van der Waals surface area (Å²) >= 11 is 18.9. The highest BCUT2D eigenvalue weighted by Crippen LogP contribution is 2.80. The highest BCUT2D eigenvalue weighted by molar-refractivity contribution is 6.54. The maximum Gasteiger partial charge on any atom is 0.230 e. The van der Waals surface area contributed by atoms with Crippen LogP contribution >= 0.6 is 34.8 Å². The van der Waals surface area contributed by atoms with E-state index in [-0.39, 0.29) is 17.9 Å². The predicted molar refractivity (Wildman–Crippen MR) is 93.5 cm³/mol. The van der Waals surface area contributed by atoms with Gasteiger partial charge in [-0.3, -0.25) is 4.79 Å². The fraction of sp³-hybridized carbons (Fsp3) is 0.588. The molecule has 2 atom stereocenters. The average molecular weight is 363 g/mol. The van der Waals surface area contributed by atoms with Crippen molar-refractivity contribution >= 4 is 40.7 Å². The van der Waals surface area contributed by atoms with Gasteiger partial charge >= 0.3 is 0 Å². The summed E-state index contributed by atoms with van der Waals surface area (Å²) in [5.74, 6) is -0.0603. The Kier molecular flexibility index (Phi) is 4.54. The van der Waals surface area contributed by atoms with Crippen molar-refractivity contribution in [3.63, 3.8) is 0 Å². The minimum atomic E-state index is -1.06. The fourth-order valence-corrected chi connectivity index (χ4v) is 5.13. The van der Waals surface area contributed by atoms with Crippen LogP contribution in [0.2, 0.25) is 5.02 Å². The Balaban J connectivity index is 2.23. The first-order valence-electron chi connectivity index (χ1n) is 7.44. The van der Waals surface area contributed by atoms with Crippen LogP contribution in [0.4, 0.5) is 0 Å². The average Bonchev–Trinajstić information content (AvgIpc) is 2.76. The zero-order valence-corrected chi connectivity index (χ0v) is 15.8. The largest absolute Gasteiger partial charge is 0.349 e. The summed E-state index contributed by atoms with van der Waals surface area (Å²) in [6.07, 6.45) is 0. The van der Waals surface area contributed by atoms with Crippen molar-refractivity contribution in [1.29, 1.82) is 0 Å². The number of hydrogen-bond donors (Lipinski definition) is 1. The first-order chi connectivity index (χ1) is 10.00. The number of halogens is 3. The number of rotatable bonds is 4. The molecule has 0 heterocycles. The van der Waals surface area contributed by atoms with E-state index in [9.17, 15) is 4.79 Å². The third-order valence-corrected chi connectivity index (χ3v) is 6.94. The van der Waals surface area contributed by atoms with E-state index in [0.717, 1.165) is 5.56 Å². The van der Waals surface area contributed by atoms with E-state index in [2.05, 4.69) is 5.32 Å². The number of carbonyl (C=O) groups excluding carboxylic acids is 1. The van der Waals surface area contributed by atoms with Crippen LogP contribution in [0.25, 0.3) is 0 Å². The molecule has 1 fully saturated rings. The van der Waals surface area contributed by atoms with E-state index in [4.69, 9.17) is 34.8 Å². The molecule has 1 amide bonds. The van der Waals surface area contributed by atoms with Gasteiger partial charge in [0.15, 0.2) is 0 Å². The fourth-order valence-electron chi connectivity index (χ4n) is 3.72. The lowest BCUT2D eigenvalue weighted by Crippen LogP contribution is -2.41. The molecule has 0 spiro atoms. The van der Waals surface area contributed by atoms with E-state index < -0.39 is 15.2 Å². The van der Waals surface area contributed by atoms with E-state index in [0.29, 0.717) is 5.02 Å². The third-order valence-electron chi connectivity index (χ3n) is 5.15. The van der Waals surface area contributed by atoms with Gasteiger partial charge < -0.3 is 5.32 Å². The van der Waals surface area contributed by atoms with Crippen LogP contribution in [0.5, 0.6) is 0 Å². The number of benzene rings is 1. The molecule has 1 saturated carbocycles. The zero-order valence-electron chi connectivity index (χ0n) is 13.5. The van der Waals surface area contributed by atoms with Crippen LogP contribution in [0.3, 0.4) is 0 Å². The molecular formula is C17H22Cl3NO. The molecule has 5 heteroatoms. The maximum absolute atomic E-state index is 12.9. The topological polar surface area (TPSA) is 29.1 Å². The Morgan fingerprint density at radius 3 is 1.91 bits per heavy atom.